The lowest BCUT2D eigenvalue weighted by atomic mass is 9.94. The SMILES string of the molecule is CCCCn1cc(C)nc1NC1CCN(C)CC1C. The summed E-state index contributed by atoms with van der Waals surface area (Å²) in [5.74, 6) is 1.74. The average molecular weight is 264 g/mol. The second-order valence-corrected chi connectivity index (χ2v) is 6.03. The van der Waals surface area contributed by atoms with Gasteiger partial charge in [0.15, 0.2) is 0 Å². The molecule has 4 heteroatoms. The standard InChI is InChI=1S/C15H28N4/c1-5-6-8-19-11-13(3)16-15(19)17-14-7-9-18(4)10-12(14)2/h11-12,14H,5-10H2,1-4H3,(H,16,17). The molecule has 0 aromatic carbocycles. The minimum absolute atomic E-state index is 0.554. The summed E-state index contributed by atoms with van der Waals surface area (Å²) >= 11 is 0. The van der Waals surface area contributed by atoms with Crippen LogP contribution in [0.25, 0.3) is 0 Å². The molecule has 0 amide bonds. The third-order valence-corrected chi connectivity index (χ3v) is 4.07. The number of aromatic nitrogens is 2. The molecule has 2 heterocycles. The Morgan fingerprint density at radius 3 is 2.95 bits per heavy atom. The van der Waals surface area contributed by atoms with Crippen molar-refractivity contribution in [2.75, 3.05) is 25.5 Å². The fraction of sp³-hybridized carbons (Fsp3) is 0.800. The molecule has 1 aliphatic rings. The lowest BCUT2D eigenvalue weighted by Crippen LogP contribution is -2.43. The monoisotopic (exact) mass is 264 g/mol. The Labute approximate surface area is 117 Å². The molecule has 4 nitrogen and oxygen atoms in total. The minimum Gasteiger partial charge on any atom is -0.353 e. The second-order valence-electron chi connectivity index (χ2n) is 6.03. The molecule has 1 saturated heterocycles. The van der Waals surface area contributed by atoms with E-state index in [1.165, 1.54) is 32.4 Å². The Bertz CT molecular complexity index is 399. The summed E-state index contributed by atoms with van der Waals surface area (Å²) in [5.41, 5.74) is 1.11. The first-order valence-electron chi connectivity index (χ1n) is 7.59. The Balaban J connectivity index is 2.01. The van der Waals surface area contributed by atoms with E-state index < -0.39 is 0 Å². The molecule has 1 aromatic rings. The van der Waals surface area contributed by atoms with Crippen molar-refractivity contribution in [3.63, 3.8) is 0 Å². The molecular formula is C15H28N4. The third kappa shape index (κ3) is 3.72. The molecule has 2 unspecified atom stereocenters. The van der Waals surface area contributed by atoms with E-state index in [2.05, 4.69) is 53.8 Å². The zero-order chi connectivity index (χ0) is 13.8. The zero-order valence-corrected chi connectivity index (χ0v) is 12.8. The van der Waals surface area contributed by atoms with Crippen molar-refractivity contribution in [3.05, 3.63) is 11.9 Å². The molecule has 0 spiro atoms. The number of piperidine rings is 1. The molecule has 108 valence electrons. The van der Waals surface area contributed by atoms with E-state index in [0.717, 1.165) is 18.2 Å². The van der Waals surface area contributed by atoms with Gasteiger partial charge in [-0.05, 0) is 39.3 Å². The maximum absolute atomic E-state index is 4.65. The number of likely N-dealkylation sites (tertiary alicyclic amines) is 1. The Morgan fingerprint density at radius 2 is 2.26 bits per heavy atom. The van der Waals surface area contributed by atoms with Crippen LogP contribution in [0.2, 0.25) is 0 Å². The van der Waals surface area contributed by atoms with Crippen LogP contribution in [-0.2, 0) is 6.54 Å². The molecule has 2 rings (SSSR count). The number of hydrogen-bond acceptors (Lipinski definition) is 3. The van der Waals surface area contributed by atoms with Crippen LogP contribution in [0.5, 0.6) is 0 Å². The van der Waals surface area contributed by atoms with Crippen molar-refractivity contribution < 1.29 is 0 Å². The van der Waals surface area contributed by atoms with Crippen LogP contribution in [0.4, 0.5) is 5.95 Å². The first kappa shape index (κ1) is 14.4. The number of imidazole rings is 1. The highest BCUT2D eigenvalue weighted by Gasteiger charge is 2.25. The van der Waals surface area contributed by atoms with Crippen LogP contribution in [0.3, 0.4) is 0 Å². The molecule has 2 atom stereocenters. The van der Waals surface area contributed by atoms with Gasteiger partial charge in [0.05, 0.1) is 5.69 Å². The number of anilines is 1. The smallest absolute Gasteiger partial charge is 0.203 e. The number of rotatable bonds is 5. The largest absolute Gasteiger partial charge is 0.353 e. The van der Waals surface area contributed by atoms with Crippen molar-refractivity contribution in [1.29, 1.82) is 0 Å². The van der Waals surface area contributed by atoms with Gasteiger partial charge in [-0.1, -0.05) is 20.3 Å². The molecular weight excluding hydrogens is 236 g/mol. The van der Waals surface area contributed by atoms with Crippen LogP contribution in [0, 0.1) is 12.8 Å². The van der Waals surface area contributed by atoms with Crippen molar-refractivity contribution in [2.24, 2.45) is 5.92 Å². The number of hydrogen-bond donors (Lipinski definition) is 1. The van der Waals surface area contributed by atoms with Gasteiger partial charge >= 0.3 is 0 Å². The highest BCUT2D eigenvalue weighted by atomic mass is 15.2. The van der Waals surface area contributed by atoms with Gasteiger partial charge in [-0.2, -0.15) is 0 Å². The molecule has 1 fully saturated rings. The quantitative estimate of drug-likeness (QED) is 0.887. The first-order chi connectivity index (χ1) is 9.10. The van der Waals surface area contributed by atoms with Gasteiger partial charge in [-0.3, -0.25) is 0 Å². The molecule has 19 heavy (non-hydrogen) atoms. The maximum atomic E-state index is 4.65. The van der Waals surface area contributed by atoms with Crippen molar-refractivity contribution in [1.82, 2.24) is 14.5 Å². The fourth-order valence-corrected chi connectivity index (χ4v) is 2.90. The molecule has 1 aromatic heterocycles. The predicted molar refractivity (Wildman–Crippen MR) is 80.6 cm³/mol. The van der Waals surface area contributed by atoms with Gasteiger partial charge in [0.1, 0.15) is 0 Å². The highest BCUT2D eigenvalue weighted by molar-refractivity contribution is 5.30. The van der Waals surface area contributed by atoms with Crippen LogP contribution < -0.4 is 5.32 Å². The summed E-state index contributed by atoms with van der Waals surface area (Å²) in [6, 6.07) is 0.554. The van der Waals surface area contributed by atoms with E-state index in [1.54, 1.807) is 0 Å². The Hall–Kier alpha value is -1.03. The molecule has 0 aliphatic carbocycles. The topological polar surface area (TPSA) is 33.1 Å². The van der Waals surface area contributed by atoms with Crippen LogP contribution >= 0.6 is 0 Å². The number of nitrogens with zero attached hydrogens (tertiary/aromatic N) is 3. The zero-order valence-electron chi connectivity index (χ0n) is 12.8. The molecule has 1 N–H and O–H groups in total. The average Bonchev–Trinajstić information content (AvgIpc) is 2.70. The number of nitrogens with one attached hydrogen (secondary N) is 1. The van der Waals surface area contributed by atoms with Crippen molar-refractivity contribution in [2.45, 2.75) is 52.6 Å². The minimum atomic E-state index is 0.554. The fourth-order valence-electron chi connectivity index (χ4n) is 2.90. The van der Waals surface area contributed by atoms with E-state index in [1.807, 2.05) is 0 Å². The van der Waals surface area contributed by atoms with E-state index in [0.29, 0.717) is 12.0 Å². The predicted octanol–water partition coefficient (Wildman–Crippen LogP) is 2.74. The van der Waals surface area contributed by atoms with Gasteiger partial charge in [0.2, 0.25) is 5.95 Å². The van der Waals surface area contributed by atoms with Crippen LogP contribution in [-0.4, -0.2) is 40.6 Å². The van der Waals surface area contributed by atoms with E-state index in [9.17, 15) is 0 Å². The maximum Gasteiger partial charge on any atom is 0.203 e. The number of unbranched alkanes of at least 4 members (excludes halogenated alkanes) is 1. The van der Waals surface area contributed by atoms with Crippen LogP contribution in [0.1, 0.15) is 38.8 Å². The lowest BCUT2D eigenvalue weighted by Gasteiger charge is -2.35. The molecule has 0 saturated carbocycles. The summed E-state index contributed by atoms with van der Waals surface area (Å²) < 4.78 is 2.28. The van der Waals surface area contributed by atoms with E-state index in [4.69, 9.17) is 0 Å². The molecule has 0 bridgehead atoms. The van der Waals surface area contributed by atoms with Crippen LogP contribution in [0.15, 0.2) is 6.20 Å². The first-order valence-corrected chi connectivity index (χ1v) is 7.59. The Morgan fingerprint density at radius 1 is 1.47 bits per heavy atom. The lowest BCUT2D eigenvalue weighted by molar-refractivity contribution is 0.205. The summed E-state index contributed by atoms with van der Waals surface area (Å²) in [4.78, 5) is 7.06. The van der Waals surface area contributed by atoms with Gasteiger partial charge < -0.3 is 14.8 Å². The summed E-state index contributed by atoms with van der Waals surface area (Å²) in [6.07, 6.45) is 5.81. The normalized spacial score (nSPS) is 24.6. The van der Waals surface area contributed by atoms with Gasteiger partial charge in [0.25, 0.3) is 0 Å². The van der Waals surface area contributed by atoms with Gasteiger partial charge in [-0.15, -0.1) is 0 Å². The Kier molecular flexibility index (Phi) is 4.86. The summed E-state index contributed by atoms with van der Waals surface area (Å²) in [7, 11) is 2.21. The summed E-state index contributed by atoms with van der Waals surface area (Å²) in [5, 5.41) is 3.67. The van der Waals surface area contributed by atoms with Gasteiger partial charge in [-0.25, -0.2) is 4.98 Å². The molecule has 0 radical (unpaired) electrons. The number of aryl methyl sites for hydroxylation is 2. The van der Waals surface area contributed by atoms with Crippen molar-refractivity contribution >= 4 is 5.95 Å². The third-order valence-electron chi connectivity index (χ3n) is 4.07. The van der Waals surface area contributed by atoms with E-state index >= 15 is 0 Å². The van der Waals surface area contributed by atoms with Crippen molar-refractivity contribution in [3.8, 4) is 0 Å². The van der Waals surface area contributed by atoms with E-state index in [-0.39, 0.29) is 0 Å². The second kappa shape index (κ2) is 6.42. The summed E-state index contributed by atoms with van der Waals surface area (Å²) in [6.45, 7) is 10.1. The highest BCUT2D eigenvalue weighted by Crippen LogP contribution is 2.20. The molecule has 1 aliphatic heterocycles. The van der Waals surface area contributed by atoms with Gasteiger partial charge in [0, 0.05) is 25.3 Å².